The predicted octanol–water partition coefficient (Wildman–Crippen LogP) is 3.62. The third-order valence-corrected chi connectivity index (χ3v) is 3.64. The molecular formula is C14H13F6NO. The summed E-state index contributed by atoms with van der Waals surface area (Å²) in [5.41, 5.74) is -0.343. The molecular weight excluding hydrogens is 312 g/mol. The minimum Gasteiger partial charge on any atom is -0.333 e. The van der Waals surface area contributed by atoms with Gasteiger partial charge in [-0.3, -0.25) is 4.79 Å². The summed E-state index contributed by atoms with van der Waals surface area (Å²) < 4.78 is 77.8. The highest BCUT2D eigenvalue weighted by Crippen LogP contribution is 2.34. The van der Waals surface area contributed by atoms with E-state index in [1.165, 1.54) is 6.92 Å². The number of likely N-dealkylation sites (tertiary alicyclic amines) is 1. The van der Waals surface area contributed by atoms with Crippen LogP contribution in [-0.2, 0) is 4.79 Å². The van der Waals surface area contributed by atoms with E-state index in [4.69, 9.17) is 0 Å². The summed E-state index contributed by atoms with van der Waals surface area (Å²) in [6, 6.07) is 1.13. The summed E-state index contributed by atoms with van der Waals surface area (Å²) in [4.78, 5) is 12.3. The van der Waals surface area contributed by atoms with Gasteiger partial charge in [-0.1, -0.05) is 6.92 Å². The maximum Gasteiger partial charge on any atom is 0.406 e. The Kier molecular flexibility index (Phi) is 4.39. The van der Waals surface area contributed by atoms with Crippen molar-refractivity contribution in [1.82, 2.24) is 4.90 Å². The van der Waals surface area contributed by atoms with Gasteiger partial charge in [-0.25, -0.2) is 13.2 Å². The van der Waals surface area contributed by atoms with Crippen molar-refractivity contribution in [3.8, 4) is 0 Å². The second-order valence-corrected chi connectivity index (χ2v) is 5.46. The zero-order valence-electron chi connectivity index (χ0n) is 11.6. The van der Waals surface area contributed by atoms with Gasteiger partial charge in [0.25, 0.3) is 0 Å². The van der Waals surface area contributed by atoms with Crippen LogP contribution in [0.4, 0.5) is 26.3 Å². The largest absolute Gasteiger partial charge is 0.406 e. The molecule has 2 unspecified atom stereocenters. The molecule has 0 aromatic heterocycles. The van der Waals surface area contributed by atoms with Gasteiger partial charge < -0.3 is 4.90 Å². The van der Waals surface area contributed by atoms with Crippen LogP contribution in [0.1, 0.15) is 24.8 Å². The van der Waals surface area contributed by atoms with Gasteiger partial charge in [0.1, 0.15) is 12.4 Å². The summed E-state index contributed by atoms with van der Waals surface area (Å²) in [7, 11) is 0. The van der Waals surface area contributed by atoms with Crippen LogP contribution in [-0.4, -0.2) is 30.1 Å². The molecule has 1 heterocycles. The van der Waals surface area contributed by atoms with Crippen LogP contribution in [0.5, 0.6) is 0 Å². The number of carbonyl (C=O) groups is 1. The van der Waals surface area contributed by atoms with Gasteiger partial charge in [0.15, 0.2) is 11.6 Å². The molecule has 1 saturated heterocycles. The molecule has 0 spiro atoms. The lowest BCUT2D eigenvalue weighted by molar-refractivity contribution is -0.167. The van der Waals surface area contributed by atoms with Crippen molar-refractivity contribution in [3.63, 3.8) is 0 Å². The molecule has 0 aliphatic carbocycles. The van der Waals surface area contributed by atoms with E-state index in [0.29, 0.717) is 11.0 Å². The van der Waals surface area contributed by atoms with Crippen molar-refractivity contribution in [1.29, 1.82) is 0 Å². The Bertz CT molecular complexity index is 585. The van der Waals surface area contributed by atoms with Crippen LogP contribution in [0.2, 0.25) is 0 Å². The Balaban J connectivity index is 2.31. The normalized spacial score (nSPS) is 23.0. The molecule has 0 bridgehead atoms. The fourth-order valence-electron chi connectivity index (χ4n) is 2.73. The lowest BCUT2D eigenvalue weighted by Gasteiger charge is -2.36. The SMILES string of the molecule is CC1CC(c2cc(F)cc(F)c2F)CN(CC(F)(F)F)C1=O. The average molecular weight is 325 g/mol. The van der Waals surface area contributed by atoms with Crippen LogP contribution in [0.15, 0.2) is 12.1 Å². The fourth-order valence-corrected chi connectivity index (χ4v) is 2.73. The van der Waals surface area contributed by atoms with Gasteiger partial charge in [-0.05, 0) is 18.1 Å². The lowest BCUT2D eigenvalue weighted by Crippen LogP contribution is -2.47. The monoisotopic (exact) mass is 325 g/mol. The van der Waals surface area contributed by atoms with Crippen molar-refractivity contribution in [2.45, 2.75) is 25.4 Å². The number of benzene rings is 1. The quantitative estimate of drug-likeness (QED) is 0.601. The molecule has 122 valence electrons. The van der Waals surface area contributed by atoms with Gasteiger partial charge in [0.05, 0.1) is 0 Å². The van der Waals surface area contributed by atoms with Crippen molar-refractivity contribution in [2.75, 3.05) is 13.1 Å². The molecule has 1 amide bonds. The van der Waals surface area contributed by atoms with Gasteiger partial charge in [0.2, 0.25) is 5.91 Å². The second-order valence-electron chi connectivity index (χ2n) is 5.46. The maximum absolute atomic E-state index is 13.8. The van der Waals surface area contributed by atoms with Crippen molar-refractivity contribution in [3.05, 3.63) is 35.1 Å². The predicted molar refractivity (Wildman–Crippen MR) is 65.5 cm³/mol. The molecule has 1 aromatic rings. The van der Waals surface area contributed by atoms with E-state index in [1.807, 2.05) is 0 Å². The maximum atomic E-state index is 13.8. The first-order valence-electron chi connectivity index (χ1n) is 6.58. The topological polar surface area (TPSA) is 20.3 Å². The highest BCUT2D eigenvalue weighted by molar-refractivity contribution is 5.79. The van der Waals surface area contributed by atoms with Gasteiger partial charge in [-0.2, -0.15) is 13.2 Å². The zero-order chi connectivity index (χ0) is 16.7. The fraction of sp³-hybridized carbons (Fsp3) is 0.500. The Morgan fingerprint density at radius 2 is 1.86 bits per heavy atom. The molecule has 0 N–H and O–H groups in total. The summed E-state index contributed by atoms with van der Waals surface area (Å²) in [5.74, 6) is -6.08. The van der Waals surface area contributed by atoms with E-state index in [0.717, 1.165) is 6.07 Å². The first-order valence-corrected chi connectivity index (χ1v) is 6.58. The summed E-state index contributed by atoms with van der Waals surface area (Å²) in [5, 5.41) is 0. The number of hydrogen-bond donors (Lipinski definition) is 0. The second kappa shape index (κ2) is 5.81. The first kappa shape index (κ1) is 16.6. The number of nitrogens with zero attached hydrogens (tertiary/aromatic N) is 1. The highest BCUT2D eigenvalue weighted by atomic mass is 19.4. The minimum absolute atomic E-state index is 0.0347. The molecule has 1 aliphatic rings. The Hall–Kier alpha value is -1.73. The lowest BCUT2D eigenvalue weighted by atomic mass is 9.84. The van der Waals surface area contributed by atoms with Gasteiger partial charge in [-0.15, -0.1) is 0 Å². The minimum atomic E-state index is -4.59. The van der Waals surface area contributed by atoms with Gasteiger partial charge >= 0.3 is 6.18 Å². The molecule has 2 rings (SSSR count). The van der Waals surface area contributed by atoms with E-state index in [9.17, 15) is 31.1 Å². The molecule has 22 heavy (non-hydrogen) atoms. The van der Waals surface area contributed by atoms with Crippen LogP contribution >= 0.6 is 0 Å². The zero-order valence-corrected chi connectivity index (χ0v) is 11.6. The summed E-state index contributed by atoms with van der Waals surface area (Å²) in [6.07, 6.45) is -4.56. The number of carbonyl (C=O) groups excluding carboxylic acids is 1. The van der Waals surface area contributed by atoms with E-state index in [2.05, 4.69) is 0 Å². The molecule has 0 radical (unpaired) electrons. The number of rotatable bonds is 2. The Morgan fingerprint density at radius 3 is 2.45 bits per heavy atom. The van der Waals surface area contributed by atoms with Crippen LogP contribution in [0.3, 0.4) is 0 Å². The number of amides is 1. The molecule has 1 aromatic carbocycles. The number of alkyl halides is 3. The smallest absolute Gasteiger partial charge is 0.333 e. The third kappa shape index (κ3) is 3.53. The van der Waals surface area contributed by atoms with Crippen molar-refractivity contribution in [2.24, 2.45) is 5.92 Å². The molecule has 0 saturated carbocycles. The Labute approximate surface area is 122 Å². The van der Waals surface area contributed by atoms with E-state index >= 15 is 0 Å². The summed E-state index contributed by atoms with van der Waals surface area (Å²) >= 11 is 0. The van der Waals surface area contributed by atoms with Crippen molar-refractivity contribution >= 4 is 5.91 Å². The van der Waals surface area contributed by atoms with Crippen LogP contribution < -0.4 is 0 Å². The summed E-state index contributed by atoms with van der Waals surface area (Å²) in [6.45, 7) is -0.486. The van der Waals surface area contributed by atoms with E-state index in [1.54, 1.807) is 0 Å². The highest BCUT2D eigenvalue weighted by Gasteiger charge is 2.40. The Morgan fingerprint density at radius 1 is 1.23 bits per heavy atom. The number of piperidine rings is 1. The standard InChI is InChI=1S/C14H13F6NO/c1-7-2-8(5-21(13(7)22)6-14(18,19)20)10-3-9(15)4-11(16)12(10)17/h3-4,7-8H,2,5-6H2,1H3. The molecule has 2 nitrogen and oxygen atoms in total. The average Bonchev–Trinajstić information content (AvgIpc) is 2.37. The third-order valence-electron chi connectivity index (χ3n) is 3.64. The van der Waals surface area contributed by atoms with E-state index < -0.39 is 54.5 Å². The van der Waals surface area contributed by atoms with E-state index in [-0.39, 0.29) is 12.0 Å². The molecule has 1 aliphatic heterocycles. The van der Waals surface area contributed by atoms with Crippen LogP contribution in [0, 0.1) is 23.4 Å². The molecule has 1 fully saturated rings. The number of halogens is 6. The molecule has 8 heteroatoms. The van der Waals surface area contributed by atoms with Crippen LogP contribution in [0.25, 0.3) is 0 Å². The first-order chi connectivity index (χ1) is 10.1. The molecule has 2 atom stereocenters. The number of hydrogen-bond acceptors (Lipinski definition) is 1. The van der Waals surface area contributed by atoms with Gasteiger partial charge in [0, 0.05) is 24.4 Å². The van der Waals surface area contributed by atoms with Crippen molar-refractivity contribution < 1.29 is 31.1 Å².